The summed E-state index contributed by atoms with van der Waals surface area (Å²) in [5.41, 5.74) is 7.58. The first-order valence-corrected chi connectivity index (χ1v) is 22.1. The summed E-state index contributed by atoms with van der Waals surface area (Å²) in [7, 11) is 3.39. The highest BCUT2D eigenvalue weighted by atomic mass is 35.5. The van der Waals surface area contributed by atoms with Crippen molar-refractivity contribution in [1.82, 2.24) is 20.9 Å². The number of amides is 2. The van der Waals surface area contributed by atoms with Gasteiger partial charge in [0.2, 0.25) is 0 Å². The highest BCUT2D eigenvalue weighted by Crippen LogP contribution is 2.39. The molecule has 2 saturated heterocycles. The number of halogens is 1. The van der Waals surface area contributed by atoms with Gasteiger partial charge in [-0.15, -0.1) is 12.4 Å². The first-order valence-electron chi connectivity index (χ1n) is 22.1. The van der Waals surface area contributed by atoms with Gasteiger partial charge in [-0.05, 0) is 134 Å². The fourth-order valence-corrected chi connectivity index (χ4v) is 9.74. The Hall–Kier alpha value is -5.55. The van der Waals surface area contributed by atoms with Gasteiger partial charge in [-0.1, -0.05) is 66.7 Å². The number of carbonyl (C=O) groups excluding carboxylic acids is 2. The van der Waals surface area contributed by atoms with Crippen LogP contribution in [0.25, 0.3) is 0 Å². The van der Waals surface area contributed by atoms with E-state index in [1.165, 1.54) is 16.7 Å². The van der Waals surface area contributed by atoms with Crippen LogP contribution in [-0.4, -0.2) is 75.9 Å². The molecule has 0 aromatic heterocycles. The summed E-state index contributed by atoms with van der Waals surface area (Å²) in [5.74, 6) is 4.78. The van der Waals surface area contributed by atoms with E-state index >= 15 is 0 Å². The summed E-state index contributed by atoms with van der Waals surface area (Å²) in [6.07, 6.45) is 3.22. The van der Waals surface area contributed by atoms with Gasteiger partial charge in [-0.25, -0.2) is 0 Å². The molecule has 10 nitrogen and oxygen atoms in total. The van der Waals surface area contributed by atoms with Gasteiger partial charge in [-0.2, -0.15) is 0 Å². The predicted octanol–water partition coefficient (Wildman–Crippen LogP) is 8.58. The van der Waals surface area contributed by atoms with E-state index in [-0.39, 0.29) is 24.2 Å². The monoisotopic (exact) mass is 872 g/mol. The first kappa shape index (κ1) is 45.5. The minimum absolute atomic E-state index is 0. The molecule has 0 aliphatic carbocycles. The molecule has 5 aromatic rings. The average molecular weight is 874 g/mol. The van der Waals surface area contributed by atoms with Crippen molar-refractivity contribution in [1.29, 1.82) is 0 Å². The minimum Gasteiger partial charge on any atom is -0.497 e. The molecule has 6 atom stereocenters. The van der Waals surface area contributed by atoms with Crippen molar-refractivity contribution < 1.29 is 28.5 Å². The van der Waals surface area contributed by atoms with E-state index < -0.39 is 0 Å². The predicted molar refractivity (Wildman–Crippen MR) is 250 cm³/mol. The van der Waals surface area contributed by atoms with E-state index in [0.29, 0.717) is 62.1 Å². The molecule has 3 N–H and O–H groups in total. The van der Waals surface area contributed by atoms with Gasteiger partial charge in [-0.3, -0.25) is 14.5 Å². The number of rotatable bonds is 13. The number of fused-ring (bicyclic) bond motifs is 2. The third-order valence-electron chi connectivity index (χ3n) is 13.6. The number of nitrogens with zero attached hydrogens (tertiary/aromatic N) is 1. The molecule has 0 bridgehead atoms. The zero-order valence-corrected chi connectivity index (χ0v) is 37.6. The summed E-state index contributed by atoms with van der Waals surface area (Å²) in [6, 6.07) is 40.0. The Kier molecular flexibility index (Phi) is 15.3. The van der Waals surface area contributed by atoms with Crippen LogP contribution in [0.2, 0.25) is 0 Å². The number of benzene rings is 5. The third-order valence-corrected chi connectivity index (χ3v) is 13.6. The second-order valence-corrected chi connectivity index (χ2v) is 17.0. The van der Waals surface area contributed by atoms with Crippen molar-refractivity contribution >= 4 is 24.2 Å². The number of methoxy groups -OCH3 is 2. The van der Waals surface area contributed by atoms with Crippen LogP contribution in [0.1, 0.15) is 87.1 Å². The number of carbonyl (C=O) groups is 2. The van der Waals surface area contributed by atoms with Gasteiger partial charge in [0, 0.05) is 54.7 Å². The molecular weight excluding hydrogens is 812 g/mol. The van der Waals surface area contributed by atoms with Gasteiger partial charge in [0.1, 0.15) is 23.0 Å². The molecule has 2 amide bonds. The zero-order chi connectivity index (χ0) is 43.0. The molecule has 0 spiro atoms. The van der Waals surface area contributed by atoms with E-state index in [1.807, 2.05) is 48.5 Å². The van der Waals surface area contributed by atoms with Crippen LogP contribution in [0.3, 0.4) is 0 Å². The van der Waals surface area contributed by atoms with Gasteiger partial charge < -0.3 is 34.9 Å². The Balaban J connectivity index is 0.000000192. The summed E-state index contributed by atoms with van der Waals surface area (Å²) < 4.78 is 23.2. The lowest BCUT2D eigenvalue weighted by Gasteiger charge is -2.44. The minimum atomic E-state index is -0.0146. The molecule has 9 rings (SSSR count). The largest absolute Gasteiger partial charge is 0.497 e. The fraction of sp³-hybridized carbons (Fsp3) is 0.385. The highest BCUT2D eigenvalue weighted by molar-refractivity contribution is 5.99. The maximum absolute atomic E-state index is 12.1. The maximum atomic E-state index is 12.1. The Morgan fingerprint density at radius 1 is 0.619 bits per heavy atom. The third kappa shape index (κ3) is 10.8. The van der Waals surface area contributed by atoms with Crippen molar-refractivity contribution in [2.24, 2.45) is 11.8 Å². The smallest absolute Gasteiger partial charge is 0.252 e. The maximum Gasteiger partial charge on any atom is 0.252 e. The van der Waals surface area contributed by atoms with Crippen LogP contribution in [0.5, 0.6) is 23.0 Å². The molecular formula is C52H61ClN4O6. The standard InChI is InChI=1S/C30H34N2O3.C22H26N2O3.ClH/c1-21-29(20-35-26-13-10-24-19-31-30(33)28(24)18-26)27(23-8-11-25(34-2)12-9-23)15-17-32(21)16-14-22-6-4-3-5-7-22;1-14-21(13-27-18-8-5-16-12-24-22(25)20(16)11-18)19(9-10-23-14)15-3-6-17(26-2)7-4-15;/h3-13,18,21,27,29H,14-17,19-20H2,1-2H3,(H,31,33);3-8,11,14,19,21,23H,9-10,12-13H2,1-2H3,(H,24,25);1H/t21-,27+,29-;14-,19+,21-;/m11./s1. The number of ether oxygens (including phenoxy) is 4. The Labute approximate surface area is 378 Å². The van der Waals surface area contributed by atoms with Crippen LogP contribution in [0.15, 0.2) is 115 Å². The molecule has 11 heteroatoms. The average Bonchev–Trinajstić information content (AvgIpc) is 3.88. The van der Waals surface area contributed by atoms with Crippen molar-refractivity contribution in [3.63, 3.8) is 0 Å². The van der Waals surface area contributed by atoms with Crippen molar-refractivity contribution in [2.45, 2.75) is 70.1 Å². The van der Waals surface area contributed by atoms with E-state index in [9.17, 15) is 9.59 Å². The molecule has 332 valence electrons. The van der Waals surface area contributed by atoms with Crippen LogP contribution in [0, 0.1) is 11.8 Å². The second kappa shape index (κ2) is 21.2. The van der Waals surface area contributed by atoms with Gasteiger partial charge >= 0.3 is 0 Å². The van der Waals surface area contributed by atoms with E-state index in [4.69, 9.17) is 18.9 Å². The van der Waals surface area contributed by atoms with E-state index in [1.54, 1.807) is 14.2 Å². The topological polar surface area (TPSA) is 110 Å². The van der Waals surface area contributed by atoms with Crippen LogP contribution in [0.4, 0.5) is 0 Å². The lowest BCUT2D eigenvalue weighted by Crippen LogP contribution is -2.49. The molecule has 2 fully saturated rings. The van der Waals surface area contributed by atoms with Crippen molar-refractivity contribution in [3.8, 4) is 23.0 Å². The van der Waals surface area contributed by atoms with Gasteiger partial charge in [0.25, 0.3) is 11.8 Å². The number of hydrogen-bond donors (Lipinski definition) is 3. The zero-order valence-electron chi connectivity index (χ0n) is 36.8. The Morgan fingerprint density at radius 3 is 1.67 bits per heavy atom. The number of nitrogens with one attached hydrogen (secondary N) is 3. The molecule has 4 aliphatic rings. The first-order chi connectivity index (χ1) is 30.3. The second-order valence-electron chi connectivity index (χ2n) is 17.0. The van der Waals surface area contributed by atoms with Crippen LogP contribution in [-0.2, 0) is 19.5 Å². The summed E-state index contributed by atoms with van der Waals surface area (Å²) in [6.45, 7) is 10.1. The fourth-order valence-electron chi connectivity index (χ4n) is 9.74. The van der Waals surface area contributed by atoms with Crippen LogP contribution >= 0.6 is 12.4 Å². The van der Waals surface area contributed by atoms with Crippen molar-refractivity contribution in [3.05, 3.63) is 154 Å². The molecule has 0 saturated carbocycles. The van der Waals surface area contributed by atoms with E-state index in [0.717, 1.165) is 84.1 Å². The molecule has 5 aromatic carbocycles. The molecule has 4 aliphatic heterocycles. The van der Waals surface area contributed by atoms with Crippen LogP contribution < -0.4 is 34.9 Å². The number of hydrogen-bond acceptors (Lipinski definition) is 8. The molecule has 0 unspecified atom stereocenters. The lowest BCUT2D eigenvalue weighted by atomic mass is 9.76. The van der Waals surface area contributed by atoms with E-state index in [2.05, 4.69) is 101 Å². The normalized spacial score (nSPS) is 22.5. The molecule has 0 radical (unpaired) electrons. The summed E-state index contributed by atoms with van der Waals surface area (Å²) in [4.78, 5) is 26.6. The Morgan fingerprint density at radius 2 is 1.13 bits per heavy atom. The van der Waals surface area contributed by atoms with Gasteiger partial charge in [0.05, 0.1) is 27.4 Å². The molecule has 4 heterocycles. The lowest BCUT2D eigenvalue weighted by molar-refractivity contribution is 0.0570. The summed E-state index contributed by atoms with van der Waals surface area (Å²) in [5, 5.41) is 9.30. The SMILES string of the molecule is COc1ccc([C@@H]2CCN(CCc3ccccc3)[C@H](C)[C@H]2COc2ccc3c(c2)C(=O)NC3)cc1.COc1ccc([C@@H]2CCN[C@H](C)[C@H]2COc2ccc3c(c2)C(=O)NC3)cc1.Cl. The number of piperidine rings is 2. The van der Waals surface area contributed by atoms with Gasteiger partial charge in [0.15, 0.2) is 0 Å². The summed E-state index contributed by atoms with van der Waals surface area (Å²) >= 11 is 0. The van der Waals surface area contributed by atoms with Crippen molar-refractivity contribution in [2.75, 3.05) is 47.1 Å². The Bertz CT molecular complexity index is 2290. The number of likely N-dealkylation sites (tertiary alicyclic amines) is 1. The molecule has 63 heavy (non-hydrogen) atoms. The highest BCUT2D eigenvalue weighted by Gasteiger charge is 2.37. The quantitative estimate of drug-likeness (QED) is 0.108.